The van der Waals surface area contributed by atoms with Crippen LogP contribution in [0, 0.1) is 6.92 Å². The molecule has 0 atom stereocenters. The van der Waals surface area contributed by atoms with Gasteiger partial charge in [0.25, 0.3) is 0 Å². The molecule has 0 aliphatic heterocycles. The summed E-state index contributed by atoms with van der Waals surface area (Å²) in [6, 6.07) is 8.28. The molecular weight excluding hydrogens is 146 g/mol. The van der Waals surface area contributed by atoms with Crippen LogP contribution in [0.1, 0.15) is 24.0 Å². The summed E-state index contributed by atoms with van der Waals surface area (Å²) in [5.41, 5.74) is 10.9. The average Bonchev–Trinajstić information content (AvgIpc) is 2.86. The van der Waals surface area contributed by atoms with Gasteiger partial charge in [-0.05, 0) is 30.9 Å². The molecule has 62 valence electrons. The fourth-order valence-corrected chi connectivity index (χ4v) is 1.40. The summed E-state index contributed by atoms with van der Waals surface area (Å²) in [5.74, 6) is 0. The Morgan fingerprint density at radius 1 is 1.25 bits per heavy atom. The highest BCUT2D eigenvalue weighted by Gasteiger charge is 2.17. The van der Waals surface area contributed by atoms with Gasteiger partial charge in [-0.3, -0.25) is 0 Å². The molecule has 0 saturated heterocycles. The van der Waals surface area contributed by atoms with Crippen molar-refractivity contribution in [1.29, 1.82) is 0 Å². The molecule has 1 fully saturated rings. The standard InChI is InChI=1S/C11H13N/c1-8-4-2-3-5-10(8)11(12)9-6-7-9/h2-5H,6-7,12H2,1H3. The lowest BCUT2D eigenvalue weighted by molar-refractivity contribution is 1.38. The SMILES string of the molecule is Cc1ccccc1C(N)=C1CC1. The molecule has 12 heavy (non-hydrogen) atoms. The molecule has 2 rings (SSSR count). The van der Waals surface area contributed by atoms with E-state index in [9.17, 15) is 0 Å². The second kappa shape index (κ2) is 2.67. The number of benzene rings is 1. The van der Waals surface area contributed by atoms with Crippen LogP contribution in [0.5, 0.6) is 0 Å². The molecule has 1 nitrogen and oxygen atoms in total. The zero-order valence-electron chi connectivity index (χ0n) is 7.30. The van der Waals surface area contributed by atoms with Crippen LogP contribution in [0.4, 0.5) is 0 Å². The molecule has 1 aromatic rings. The Kier molecular flexibility index (Phi) is 1.65. The maximum atomic E-state index is 5.98. The second-order valence-corrected chi connectivity index (χ2v) is 3.33. The van der Waals surface area contributed by atoms with E-state index in [2.05, 4.69) is 19.1 Å². The van der Waals surface area contributed by atoms with Gasteiger partial charge >= 0.3 is 0 Å². The molecule has 2 N–H and O–H groups in total. The fraction of sp³-hybridized carbons (Fsp3) is 0.273. The van der Waals surface area contributed by atoms with E-state index >= 15 is 0 Å². The lowest BCUT2D eigenvalue weighted by atomic mass is 10.1. The normalized spacial score (nSPS) is 14.6. The first-order chi connectivity index (χ1) is 5.79. The number of nitrogens with two attached hydrogens (primary N) is 1. The van der Waals surface area contributed by atoms with Gasteiger partial charge in [-0.25, -0.2) is 0 Å². The van der Waals surface area contributed by atoms with E-state index in [4.69, 9.17) is 5.73 Å². The first kappa shape index (κ1) is 7.41. The quantitative estimate of drug-likeness (QED) is 0.669. The van der Waals surface area contributed by atoms with Crippen molar-refractivity contribution in [2.24, 2.45) is 5.73 Å². The molecule has 0 heterocycles. The first-order valence-electron chi connectivity index (χ1n) is 4.32. The Morgan fingerprint density at radius 2 is 1.92 bits per heavy atom. The number of hydrogen-bond acceptors (Lipinski definition) is 1. The Hall–Kier alpha value is -1.24. The molecular formula is C11H13N. The van der Waals surface area contributed by atoms with E-state index in [0.717, 1.165) is 5.70 Å². The van der Waals surface area contributed by atoms with E-state index in [1.165, 1.54) is 29.5 Å². The largest absolute Gasteiger partial charge is 0.398 e. The minimum atomic E-state index is 1.01. The summed E-state index contributed by atoms with van der Waals surface area (Å²) in [6.45, 7) is 2.10. The Bertz CT molecular complexity index is 331. The third kappa shape index (κ3) is 1.22. The molecule has 1 saturated carbocycles. The van der Waals surface area contributed by atoms with Crippen molar-refractivity contribution >= 4 is 5.70 Å². The molecule has 1 aromatic carbocycles. The number of allylic oxidation sites excluding steroid dienone is 1. The van der Waals surface area contributed by atoms with Crippen LogP contribution >= 0.6 is 0 Å². The monoisotopic (exact) mass is 159 g/mol. The predicted octanol–water partition coefficient (Wildman–Crippen LogP) is 2.46. The molecule has 0 unspecified atom stereocenters. The molecule has 0 bridgehead atoms. The van der Waals surface area contributed by atoms with E-state index in [1.54, 1.807) is 0 Å². The average molecular weight is 159 g/mol. The van der Waals surface area contributed by atoms with Crippen LogP contribution in [0.2, 0.25) is 0 Å². The van der Waals surface area contributed by atoms with Crippen LogP contribution < -0.4 is 5.73 Å². The van der Waals surface area contributed by atoms with E-state index < -0.39 is 0 Å². The zero-order valence-corrected chi connectivity index (χ0v) is 7.30. The van der Waals surface area contributed by atoms with Gasteiger partial charge in [0.15, 0.2) is 0 Å². The zero-order chi connectivity index (χ0) is 8.55. The van der Waals surface area contributed by atoms with Crippen molar-refractivity contribution in [2.75, 3.05) is 0 Å². The van der Waals surface area contributed by atoms with Crippen molar-refractivity contribution in [1.82, 2.24) is 0 Å². The summed E-state index contributed by atoms with van der Waals surface area (Å²) in [5, 5.41) is 0. The van der Waals surface area contributed by atoms with Gasteiger partial charge < -0.3 is 5.73 Å². The molecule has 1 aliphatic rings. The van der Waals surface area contributed by atoms with E-state index in [-0.39, 0.29) is 0 Å². The van der Waals surface area contributed by atoms with Gasteiger partial charge in [0.2, 0.25) is 0 Å². The highest BCUT2D eigenvalue weighted by Crippen LogP contribution is 2.34. The summed E-state index contributed by atoms with van der Waals surface area (Å²) < 4.78 is 0. The number of hydrogen-bond donors (Lipinski definition) is 1. The number of rotatable bonds is 1. The summed E-state index contributed by atoms with van der Waals surface area (Å²) in [4.78, 5) is 0. The van der Waals surface area contributed by atoms with Crippen molar-refractivity contribution in [3.05, 3.63) is 41.0 Å². The third-order valence-corrected chi connectivity index (χ3v) is 2.32. The Labute approximate surface area is 72.9 Å². The minimum absolute atomic E-state index is 1.01. The van der Waals surface area contributed by atoms with Gasteiger partial charge in [-0.1, -0.05) is 24.3 Å². The highest BCUT2D eigenvalue weighted by molar-refractivity contribution is 5.70. The van der Waals surface area contributed by atoms with Gasteiger partial charge in [0.1, 0.15) is 0 Å². The maximum Gasteiger partial charge on any atom is 0.0382 e. The van der Waals surface area contributed by atoms with Crippen LogP contribution in [0.15, 0.2) is 29.8 Å². The molecule has 0 radical (unpaired) electrons. The smallest absolute Gasteiger partial charge is 0.0382 e. The van der Waals surface area contributed by atoms with E-state index in [1.807, 2.05) is 12.1 Å². The summed E-state index contributed by atoms with van der Waals surface area (Å²) >= 11 is 0. The van der Waals surface area contributed by atoms with Crippen molar-refractivity contribution in [3.63, 3.8) is 0 Å². The summed E-state index contributed by atoms with van der Waals surface area (Å²) in [6.07, 6.45) is 2.39. The van der Waals surface area contributed by atoms with Crippen LogP contribution in [0.3, 0.4) is 0 Å². The molecule has 0 spiro atoms. The summed E-state index contributed by atoms with van der Waals surface area (Å²) in [7, 11) is 0. The molecule has 0 amide bonds. The number of aryl methyl sites for hydroxylation is 1. The molecule has 1 aliphatic carbocycles. The lowest BCUT2D eigenvalue weighted by Crippen LogP contribution is -1.98. The van der Waals surface area contributed by atoms with E-state index in [0.29, 0.717) is 0 Å². The van der Waals surface area contributed by atoms with Crippen LogP contribution in [0.25, 0.3) is 5.70 Å². The second-order valence-electron chi connectivity index (χ2n) is 3.33. The van der Waals surface area contributed by atoms with Gasteiger partial charge in [-0.15, -0.1) is 0 Å². The molecule has 0 aromatic heterocycles. The third-order valence-electron chi connectivity index (χ3n) is 2.32. The maximum absolute atomic E-state index is 5.98. The van der Waals surface area contributed by atoms with Crippen molar-refractivity contribution in [3.8, 4) is 0 Å². The van der Waals surface area contributed by atoms with Crippen LogP contribution in [-0.4, -0.2) is 0 Å². The molecule has 1 heteroatoms. The van der Waals surface area contributed by atoms with Gasteiger partial charge in [-0.2, -0.15) is 0 Å². The Balaban J connectivity index is 2.46. The highest BCUT2D eigenvalue weighted by atomic mass is 14.6. The van der Waals surface area contributed by atoms with Gasteiger partial charge in [0, 0.05) is 11.3 Å². The Morgan fingerprint density at radius 3 is 2.50 bits per heavy atom. The van der Waals surface area contributed by atoms with Crippen molar-refractivity contribution in [2.45, 2.75) is 19.8 Å². The van der Waals surface area contributed by atoms with Crippen molar-refractivity contribution < 1.29 is 0 Å². The van der Waals surface area contributed by atoms with Crippen LogP contribution in [-0.2, 0) is 0 Å². The first-order valence-corrected chi connectivity index (χ1v) is 4.32. The fourth-order valence-electron chi connectivity index (χ4n) is 1.40. The lowest BCUT2D eigenvalue weighted by Gasteiger charge is -2.04. The predicted molar refractivity (Wildman–Crippen MR) is 51.5 cm³/mol. The topological polar surface area (TPSA) is 26.0 Å². The van der Waals surface area contributed by atoms with Gasteiger partial charge in [0.05, 0.1) is 0 Å². The minimum Gasteiger partial charge on any atom is -0.398 e.